The molecule has 0 spiro atoms. The number of imide groups is 1. The van der Waals surface area contributed by atoms with Gasteiger partial charge in [-0.2, -0.15) is 0 Å². The number of unbranched alkanes of at least 4 members (excludes halogenated alkanes) is 1. The summed E-state index contributed by atoms with van der Waals surface area (Å²) in [7, 11) is 0. The maximum Gasteiger partial charge on any atom is 0.293 e. The van der Waals surface area contributed by atoms with E-state index in [1.54, 1.807) is 6.08 Å². The molecule has 0 radical (unpaired) electrons. The summed E-state index contributed by atoms with van der Waals surface area (Å²) in [6, 6.07) is 6.09. The Morgan fingerprint density at radius 1 is 1.13 bits per heavy atom. The molecule has 2 heterocycles. The number of aromatic nitrogens is 1. The van der Waals surface area contributed by atoms with Gasteiger partial charge < -0.3 is 9.47 Å². The minimum absolute atomic E-state index is 0.0687. The molecule has 1 saturated heterocycles. The van der Waals surface area contributed by atoms with Gasteiger partial charge in [0, 0.05) is 36.8 Å². The first-order valence-corrected chi connectivity index (χ1v) is 11.9. The van der Waals surface area contributed by atoms with Gasteiger partial charge in [0.2, 0.25) is 5.91 Å². The number of fused-ring (bicyclic) bond motifs is 1. The van der Waals surface area contributed by atoms with Crippen LogP contribution in [0.5, 0.6) is 0 Å². The smallest absolute Gasteiger partial charge is 0.293 e. The maximum absolute atomic E-state index is 12.8. The molecule has 166 valence electrons. The number of likely N-dealkylation sites (N-methyl/N-ethyl adjacent to an activating group) is 1. The number of hydrogen-bond acceptors (Lipinski definition) is 4. The predicted molar refractivity (Wildman–Crippen MR) is 127 cm³/mol. The molecule has 0 aliphatic carbocycles. The lowest BCUT2D eigenvalue weighted by Crippen LogP contribution is -2.33. The third-order valence-electron chi connectivity index (χ3n) is 5.71. The molecular formula is C24H31N3O3S. The van der Waals surface area contributed by atoms with E-state index >= 15 is 0 Å². The Hall–Kier alpha value is -2.54. The quantitative estimate of drug-likeness (QED) is 0.519. The van der Waals surface area contributed by atoms with E-state index < -0.39 is 0 Å². The molecule has 0 N–H and O–H groups in total. The molecule has 0 saturated carbocycles. The second kappa shape index (κ2) is 10.2. The number of rotatable bonds is 9. The second-order valence-electron chi connectivity index (χ2n) is 7.63. The average Bonchev–Trinajstić information content (AvgIpc) is 3.24. The van der Waals surface area contributed by atoms with Crippen molar-refractivity contribution in [1.82, 2.24) is 14.4 Å². The number of carbonyl (C=O) groups excluding carboxylic acids is 3. The van der Waals surface area contributed by atoms with Crippen molar-refractivity contribution in [3.63, 3.8) is 0 Å². The van der Waals surface area contributed by atoms with Crippen molar-refractivity contribution >= 4 is 45.8 Å². The van der Waals surface area contributed by atoms with Crippen molar-refractivity contribution < 1.29 is 14.4 Å². The molecule has 1 aromatic heterocycles. The lowest BCUT2D eigenvalue weighted by molar-refractivity contribution is -0.131. The molecule has 2 aromatic rings. The van der Waals surface area contributed by atoms with Crippen LogP contribution in [0.25, 0.3) is 17.0 Å². The maximum atomic E-state index is 12.8. The van der Waals surface area contributed by atoms with Crippen LogP contribution in [0.1, 0.15) is 51.7 Å². The zero-order chi connectivity index (χ0) is 22.5. The summed E-state index contributed by atoms with van der Waals surface area (Å²) in [6.45, 7) is 10.1. The minimum Gasteiger partial charge on any atom is -0.342 e. The van der Waals surface area contributed by atoms with E-state index in [-0.39, 0.29) is 23.6 Å². The number of para-hydroxylation sites is 1. The van der Waals surface area contributed by atoms with Gasteiger partial charge in [-0.3, -0.25) is 19.3 Å². The molecule has 0 atom stereocenters. The molecule has 1 fully saturated rings. The van der Waals surface area contributed by atoms with Crippen molar-refractivity contribution in [3.8, 4) is 0 Å². The Bertz CT molecular complexity index is 1020. The third-order valence-corrected chi connectivity index (χ3v) is 6.62. The van der Waals surface area contributed by atoms with E-state index in [2.05, 4.69) is 13.0 Å². The van der Waals surface area contributed by atoms with Crippen LogP contribution in [0.15, 0.2) is 29.3 Å². The zero-order valence-electron chi connectivity index (χ0n) is 18.8. The van der Waals surface area contributed by atoms with Crippen LogP contribution >= 0.6 is 11.8 Å². The SMILES string of the molecule is CCCCN1C(=O)S/C(=C\c2cn(CC(=O)N(CC)CC)c3c(CC)cccc23)C1=O. The van der Waals surface area contributed by atoms with Crippen LogP contribution in [-0.4, -0.2) is 51.1 Å². The van der Waals surface area contributed by atoms with E-state index in [0.717, 1.165) is 53.1 Å². The van der Waals surface area contributed by atoms with Gasteiger partial charge in [0.15, 0.2) is 0 Å². The molecule has 0 unspecified atom stereocenters. The largest absolute Gasteiger partial charge is 0.342 e. The Morgan fingerprint density at radius 3 is 2.52 bits per heavy atom. The molecule has 3 rings (SSSR count). The van der Waals surface area contributed by atoms with Gasteiger partial charge in [0.1, 0.15) is 6.54 Å². The fraction of sp³-hybridized carbons (Fsp3) is 0.458. The number of carbonyl (C=O) groups is 3. The molecule has 1 aliphatic rings. The summed E-state index contributed by atoms with van der Waals surface area (Å²) in [5.74, 6) is -0.158. The molecule has 0 bridgehead atoms. The summed E-state index contributed by atoms with van der Waals surface area (Å²) in [5, 5.41) is 0.784. The van der Waals surface area contributed by atoms with Gasteiger partial charge in [0.25, 0.3) is 11.1 Å². The summed E-state index contributed by atoms with van der Waals surface area (Å²) < 4.78 is 1.99. The first kappa shape index (κ1) is 23.1. The van der Waals surface area contributed by atoms with Gasteiger partial charge in [-0.25, -0.2) is 0 Å². The molecule has 1 aliphatic heterocycles. The highest BCUT2D eigenvalue weighted by Gasteiger charge is 2.34. The van der Waals surface area contributed by atoms with E-state index in [1.165, 1.54) is 4.90 Å². The zero-order valence-corrected chi connectivity index (χ0v) is 19.6. The Balaban J connectivity index is 2.02. The van der Waals surface area contributed by atoms with Crippen LogP contribution in [0.2, 0.25) is 0 Å². The molecule has 6 nitrogen and oxygen atoms in total. The Labute approximate surface area is 188 Å². The number of amides is 3. The average molecular weight is 442 g/mol. The van der Waals surface area contributed by atoms with Crippen LogP contribution in [0.4, 0.5) is 4.79 Å². The summed E-state index contributed by atoms with van der Waals surface area (Å²) in [4.78, 5) is 41.5. The summed E-state index contributed by atoms with van der Waals surface area (Å²) in [5.41, 5.74) is 3.03. The van der Waals surface area contributed by atoms with Crippen molar-refractivity contribution in [2.45, 2.75) is 53.5 Å². The topological polar surface area (TPSA) is 62.6 Å². The predicted octanol–water partition coefficient (Wildman–Crippen LogP) is 4.91. The highest BCUT2D eigenvalue weighted by Crippen LogP contribution is 2.35. The van der Waals surface area contributed by atoms with Crippen molar-refractivity contribution in [3.05, 3.63) is 40.4 Å². The summed E-state index contributed by atoms with van der Waals surface area (Å²) in [6.07, 6.45) is 6.31. The normalized spacial score (nSPS) is 15.5. The van der Waals surface area contributed by atoms with Gasteiger partial charge in [-0.1, -0.05) is 38.5 Å². The third kappa shape index (κ3) is 4.71. The fourth-order valence-electron chi connectivity index (χ4n) is 3.96. The molecule has 7 heteroatoms. The highest BCUT2D eigenvalue weighted by molar-refractivity contribution is 8.18. The van der Waals surface area contributed by atoms with Gasteiger partial charge in [-0.15, -0.1) is 0 Å². The number of nitrogens with zero attached hydrogens (tertiary/aromatic N) is 3. The number of aryl methyl sites for hydroxylation is 1. The number of benzene rings is 1. The lowest BCUT2D eigenvalue weighted by Gasteiger charge is -2.19. The Kier molecular flexibility index (Phi) is 7.59. The first-order chi connectivity index (χ1) is 14.9. The number of hydrogen-bond donors (Lipinski definition) is 0. The van der Waals surface area contributed by atoms with Gasteiger partial charge in [0.05, 0.1) is 10.4 Å². The molecular weight excluding hydrogens is 410 g/mol. The van der Waals surface area contributed by atoms with Crippen LogP contribution in [-0.2, 0) is 22.6 Å². The van der Waals surface area contributed by atoms with E-state index in [9.17, 15) is 14.4 Å². The van der Waals surface area contributed by atoms with E-state index in [0.29, 0.717) is 24.5 Å². The molecule has 3 amide bonds. The van der Waals surface area contributed by atoms with Gasteiger partial charge in [-0.05, 0) is 50.1 Å². The van der Waals surface area contributed by atoms with Crippen LogP contribution in [0, 0.1) is 0 Å². The second-order valence-corrected chi connectivity index (χ2v) is 8.63. The number of thioether (sulfide) groups is 1. The lowest BCUT2D eigenvalue weighted by atomic mass is 10.1. The highest BCUT2D eigenvalue weighted by atomic mass is 32.2. The van der Waals surface area contributed by atoms with Crippen LogP contribution in [0.3, 0.4) is 0 Å². The van der Waals surface area contributed by atoms with Crippen molar-refractivity contribution in [2.75, 3.05) is 19.6 Å². The molecule has 31 heavy (non-hydrogen) atoms. The standard InChI is InChI=1S/C24H31N3O3S/c1-5-9-13-27-23(29)20(31-24(27)30)14-18-15-26(16-21(28)25(7-3)8-4)22-17(6-2)11-10-12-19(18)22/h10-12,14-15H,5-9,13,16H2,1-4H3/b20-14-. The van der Waals surface area contributed by atoms with Crippen LogP contribution < -0.4 is 0 Å². The minimum atomic E-state index is -0.227. The fourth-order valence-corrected chi connectivity index (χ4v) is 4.82. The van der Waals surface area contributed by atoms with Gasteiger partial charge >= 0.3 is 0 Å². The Morgan fingerprint density at radius 2 is 1.87 bits per heavy atom. The first-order valence-electron chi connectivity index (χ1n) is 11.1. The molecule has 1 aromatic carbocycles. The van der Waals surface area contributed by atoms with Crippen molar-refractivity contribution in [1.29, 1.82) is 0 Å². The summed E-state index contributed by atoms with van der Waals surface area (Å²) >= 11 is 0.995. The van der Waals surface area contributed by atoms with E-state index in [4.69, 9.17) is 0 Å². The monoisotopic (exact) mass is 441 g/mol. The van der Waals surface area contributed by atoms with Crippen molar-refractivity contribution in [2.24, 2.45) is 0 Å². The van der Waals surface area contributed by atoms with E-state index in [1.807, 2.05) is 48.6 Å².